The van der Waals surface area contributed by atoms with Gasteiger partial charge in [-0.25, -0.2) is 0 Å². The molecular weight excluding hydrogens is 274 g/mol. The van der Waals surface area contributed by atoms with Crippen LogP contribution in [0.15, 0.2) is 30.5 Å². The fraction of sp³-hybridized carbons (Fsp3) is 0.400. The van der Waals surface area contributed by atoms with Gasteiger partial charge in [0.05, 0.1) is 16.9 Å². The van der Waals surface area contributed by atoms with Crippen molar-refractivity contribution in [2.45, 2.75) is 26.0 Å². The van der Waals surface area contributed by atoms with E-state index in [4.69, 9.17) is 11.6 Å². The Balaban J connectivity index is 2.38. The molecule has 1 N–H and O–H groups in total. The van der Waals surface area contributed by atoms with Gasteiger partial charge in [0.15, 0.2) is 0 Å². The monoisotopic (exact) mass is 293 g/mol. The van der Waals surface area contributed by atoms with Gasteiger partial charge in [-0.15, -0.1) is 0 Å². The first-order valence-electron chi connectivity index (χ1n) is 6.71. The Bertz CT molecular complexity index is 580. The molecule has 4 nitrogen and oxygen atoms in total. The second kappa shape index (κ2) is 6.29. The Kier molecular flexibility index (Phi) is 4.68. The Hall–Kier alpha value is -1.52. The summed E-state index contributed by atoms with van der Waals surface area (Å²) in [6, 6.07) is 7.80. The lowest BCUT2D eigenvalue weighted by molar-refractivity contribution is 0.207. The molecule has 1 aromatic carbocycles. The van der Waals surface area contributed by atoms with Gasteiger partial charge in [-0.3, -0.25) is 4.68 Å². The van der Waals surface area contributed by atoms with Crippen LogP contribution in [0.4, 0.5) is 5.69 Å². The maximum Gasteiger partial charge on any atom is 0.122 e. The molecule has 5 heteroatoms. The second-order valence-corrected chi connectivity index (χ2v) is 5.40. The Morgan fingerprint density at radius 2 is 2.15 bits per heavy atom. The highest BCUT2D eigenvalue weighted by Crippen LogP contribution is 2.30. The van der Waals surface area contributed by atoms with Crippen LogP contribution >= 0.6 is 11.6 Å². The third-order valence-electron chi connectivity index (χ3n) is 3.23. The third-order valence-corrected chi connectivity index (χ3v) is 3.52. The quantitative estimate of drug-likeness (QED) is 0.921. The van der Waals surface area contributed by atoms with Crippen LogP contribution in [0.3, 0.4) is 0 Å². The zero-order valence-electron chi connectivity index (χ0n) is 12.0. The molecule has 0 saturated heterocycles. The summed E-state index contributed by atoms with van der Waals surface area (Å²) in [5.41, 5.74) is 2.51. The van der Waals surface area contributed by atoms with Crippen LogP contribution in [0, 0.1) is 0 Å². The minimum Gasteiger partial charge on any atom is -0.382 e. The molecule has 0 saturated carbocycles. The van der Waals surface area contributed by atoms with Gasteiger partial charge in [0.1, 0.15) is 6.10 Å². The summed E-state index contributed by atoms with van der Waals surface area (Å²) in [7, 11) is 3.94. The number of aliphatic hydroxyl groups is 1. The van der Waals surface area contributed by atoms with Crippen molar-refractivity contribution >= 4 is 17.3 Å². The van der Waals surface area contributed by atoms with Gasteiger partial charge in [-0.1, -0.05) is 30.7 Å². The number of benzene rings is 1. The van der Waals surface area contributed by atoms with Gasteiger partial charge in [-0.2, -0.15) is 5.10 Å². The number of aliphatic hydroxyl groups excluding tert-OH is 1. The molecule has 108 valence electrons. The highest BCUT2D eigenvalue weighted by molar-refractivity contribution is 6.31. The number of hydrogen-bond acceptors (Lipinski definition) is 3. The molecule has 1 heterocycles. The lowest BCUT2D eigenvalue weighted by Gasteiger charge is -2.17. The summed E-state index contributed by atoms with van der Waals surface area (Å²) < 4.78 is 1.77. The summed E-state index contributed by atoms with van der Waals surface area (Å²) >= 11 is 6.17. The molecule has 1 aromatic heterocycles. The van der Waals surface area contributed by atoms with E-state index in [0.29, 0.717) is 10.7 Å². The van der Waals surface area contributed by atoms with Gasteiger partial charge < -0.3 is 10.0 Å². The van der Waals surface area contributed by atoms with Crippen molar-refractivity contribution < 1.29 is 5.11 Å². The standard InChI is InChI=1S/C15H20ClN3O/c1-4-8-19-14(13(16)10-17-19)15(20)11-6-5-7-12(9-11)18(2)3/h5-7,9-10,15,20H,4,8H2,1-3H3. The van der Waals surface area contributed by atoms with Crippen LogP contribution in [0.25, 0.3) is 0 Å². The molecule has 2 rings (SSSR count). The van der Waals surface area contributed by atoms with Crippen LogP contribution in [-0.2, 0) is 6.54 Å². The number of halogens is 1. The molecule has 20 heavy (non-hydrogen) atoms. The van der Waals surface area contributed by atoms with E-state index in [2.05, 4.69) is 12.0 Å². The third kappa shape index (κ3) is 2.97. The van der Waals surface area contributed by atoms with E-state index in [1.807, 2.05) is 43.3 Å². The van der Waals surface area contributed by atoms with E-state index in [9.17, 15) is 5.11 Å². The maximum absolute atomic E-state index is 10.6. The van der Waals surface area contributed by atoms with Crippen molar-refractivity contribution in [3.8, 4) is 0 Å². The van der Waals surface area contributed by atoms with Crippen molar-refractivity contribution in [1.82, 2.24) is 9.78 Å². The lowest BCUT2D eigenvalue weighted by atomic mass is 10.1. The minimum atomic E-state index is -0.767. The molecule has 2 aromatic rings. The van der Waals surface area contributed by atoms with Crippen molar-refractivity contribution in [3.05, 3.63) is 46.7 Å². The van der Waals surface area contributed by atoms with Gasteiger partial charge in [0, 0.05) is 26.3 Å². The zero-order valence-corrected chi connectivity index (χ0v) is 12.8. The predicted molar refractivity (Wildman–Crippen MR) is 82.4 cm³/mol. The topological polar surface area (TPSA) is 41.3 Å². The van der Waals surface area contributed by atoms with Crippen LogP contribution in [0.2, 0.25) is 5.02 Å². The molecule has 0 fully saturated rings. The minimum absolute atomic E-state index is 0.501. The summed E-state index contributed by atoms with van der Waals surface area (Å²) in [5.74, 6) is 0. The molecule has 0 aliphatic heterocycles. The molecule has 0 radical (unpaired) electrons. The Morgan fingerprint density at radius 1 is 1.40 bits per heavy atom. The normalized spacial score (nSPS) is 12.4. The maximum atomic E-state index is 10.6. The average molecular weight is 294 g/mol. The molecule has 0 aliphatic carbocycles. The van der Waals surface area contributed by atoms with Crippen LogP contribution in [0.1, 0.15) is 30.7 Å². The van der Waals surface area contributed by atoms with Crippen LogP contribution < -0.4 is 4.90 Å². The van der Waals surface area contributed by atoms with E-state index >= 15 is 0 Å². The SMILES string of the molecule is CCCn1ncc(Cl)c1C(O)c1cccc(N(C)C)c1. The molecule has 0 amide bonds. The summed E-state index contributed by atoms with van der Waals surface area (Å²) in [6.45, 7) is 2.81. The predicted octanol–water partition coefficient (Wildman–Crippen LogP) is 3.09. The average Bonchev–Trinajstić information content (AvgIpc) is 2.79. The van der Waals surface area contributed by atoms with E-state index in [1.54, 1.807) is 10.9 Å². The van der Waals surface area contributed by atoms with Gasteiger partial charge in [0.25, 0.3) is 0 Å². The molecule has 0 bridgehead atoms. The van der Waals surface area contributed by atoms with Gasteiger partial charge in [-0.05, 0) is 24.1 Å². The highest BCUT2D eigenvalue weighted by Gasteiger charge is 2.20. The number of anilines is 1. The van der Waals surface area contributed by atoms with E-state index < -0.39 is 6.10 Å². The van der Waals surface area contributed by atoms with Crippen molar-refractivity contribution in [1.29, 1.82) is 0 Å². The Labute approximate surface area is 124 Å². The number of aromatic nitrogens is 2. The first kappa shape index (κ1) is 14.9. The first-order chi connectivity index (χ1) is 9.54. The zero-order chi connectivity index (χ0) is 14.7. The van der Waals surface area contributed by atoms with Crippen molar-refractivity contribution in [3.63, 3.8) is 0 Å². The van der Waals surface area contributed by atoms with Crippen molar-refractivity contribution in [2.24, 2.45) is 0 Å². The molecule has 0 aliphatic rings. The first-order valence-corrected chi connectivity index (χ1v) is 7.09. The molecular formula is C15H20ClN3O. The fourth-order valence-corrected chi connectivity index (χ4v) is 2.41. The Morgan fingerprint density at radius 3 is 2.80 bits per heavy atom. The number of hydrogen-bond donors (Lipinski definition) is 1. The highest BCUT2D eigenvalue weighted by atomic mass is 35.5. The summed E-state index contributed by atoms with van der Waals surface area (Å²) in [5, 5.41) is 15.3. The summed E-state index contributed by atoms with van der Waals surface area (Å²) in [6.07, 6.45) is 1.76. The van der Waals surface area contributed by atoms with E-state index in [0.717, 1.165) is 24.2 Å². The molecule has 0 spiro atoms. The van der Waals surface area contributed by atoms with Crippen LogP contribution in [-0.4, -0.2) is 29.0 Å². The van der Waals surface area contributed by atoms with Crippen LogP contribution in [0.5, 0.6) is 0 Å². The smallest absolute Gasteiger partial charge is 0.122 e. The number of rotatable bonds is 5. The van der Waals surface area contributed by atoms with Gasteiger partial charge in [0.2, 0.25) is 0 Å². The fourth-order valence-electron chi connectivity index (χ4n) is 2.16. The van der Waals surface area contributed by atoms with E-state index in [-0.39, 0.29) is 0 Å². The lowest BCUT2D eigenvalue weighted by Crippen LogP contribution is -2.12. The largest absolute Gasteiger partial charge is 0.382 e. The van der Waals surface area contributed by atoms with Crippen molar-refractivity contribution in [2.75, 3.05) is 19.0 Å². The second-order valence-electron chi connectivity index (χ2n) is 4.99. The summed E-state index contributed by atoms with van der Waals surface area (Å²) in [4.78, 5) is 2.00. The van der Waals surface area contributed by atoms with E-state index in [1.165, 1.54) is 0 Å². The number of aryl methyl sites for hydroxylation is 1. The molecule has 1 unspecified atom stereocenters. The molecule has 1 atom stereocenters. The van der Waals surface area contributed by atoms with Gasteiger partial charge >= 0.3 is 0 Å². The number of nitrogens with zero attached hydrogens (tertiary/aromatic N) is 3.